The van der Waals surface area contributed by atoms with Crippen molar-refractivity contribution < 1.29 is 24.6 Å². The zero-order valence-corrected chi connectivity index (χ0v) is 12.6. The van der Waals surface area contributed by atoms with Crippen molar-refractivity contribution in [2.45, 2.75) is 6.42 Å². The van der Waals surface area contributed by atoms with E-state index in [1.807, 2.05) is 12.2 Å². The predicted octanol–water partition coefficient (Wildman–Crippen LogP) is 1.39. The molecule has 0 aliphatic heterocycles. The minimum atomic E-state index is -1.42. The number of rotatable bonds is 5. The highest BCUT2D eigenvalue weighted by molar-refractivity contribution is 6.51. The van der Waals surface area contributed by atoms with Gasteiger partial charge in [-0.15, -0.1) is 0 Å². The van der Waals surface area contributed by atoms with Crippen LogP contribution in [0, 0.1) is 23.7 Å². The summed E-state index contributed by atoms with van der Waals surface area (Å²) in [7, 11) is 0. The number of carbonyl (C=O) groups excluding carboxylic acids is 1. The Morgan fingerprint density at radius 1 is 1.14 bits per heavy atom. The normalized spacial score (nSPS) is 30.5. The molecule has 0 radical (unpaired) electrons. The van der Waals surface area contributed by atoms with Crippen molar-refractivity contribution in [3.8, 4) is 0 Å². The summed E-state index contributed by atoms with van der Waals surface area (Å²) in [4.78, 5) is 33.9. The largest absolute Gasteiger partial charge is 0.481 e. The molecule has 4 unspecified atom stereocenters. The van der Waals surface area contributed by atoms with Crippen LogP contribution in [-0.4, -0.2) is 34.3 Å². The van der Waals surface area contributed by atoms with Gasteiger partial charge in [-0.2, -0.15) is 5.10 Å². The van der Waals surface area contributed by atoms with Crippen molar-refractivity contribution in [2.24, 2.45) is 28.8 Å². The Hall–Kier alpha value is -1.86. The number of halogens is 2. The Balaban J connectivity index is 2.04. The molecular weight excluding hydrogens is 335 g/mol. The topological polar surface area (TPSA) is 116 Å². The van der Waals surface area contributed by atoms with Crippen molar-refractivity contribution in [2.75, 3.05) is 0 Å². The van der Waals surface area contributed by atoms with Gasteiger partial charge in [0.2, 0.25) is 5.91 Å². The Labute approximate surface area is 135 Å². The fraction of sp³-hybridized carbons (Fsp3) is 0.385. The molecule has 2 bridgehead atoms. The minimum absolute atomic E-state index is 0.130. The molecule has 1 fully saturated rings. The highest BCUT2D eigenvalue weighted by Crippen LogP contribution is 2.48. The molecule has 0 saturated heterocycles. The van der Waals surface area contributed by atoms with E-state index >= 15 is 0 Å². The molecule has 22 heavy (non-hydrogen) atoms. The lowest BCUT2D eigenvalue weighted by atomic mass is 9.82. The van der Waals surface area contributed by atoms with Gasteiger partial charge in [0.25, 0.3) is 0 Å². The smallest absolute Gasteiger partial charge is 0.348 e. The molecule has 3 N–H and O–H groups in total. The molecular formula is C13H12Cl2N2O5. The van der Waals surface area contributed by atoms with Gasteiger partial charge in [0.05, 0.1) is 23.1 Å². The number of nitrogens with one attached hydrogen (secondary N) is 1. The maximum absolute atomic E-state index is 12.1. The van der Waals surface area contributed by atoms with Gasteiger partial charge in [0.1, 0.15) is 5.03 Å². The maximum atomic E-state index is 12.1. The van der Waals surface area contributed by atoms with Crippen LogP contribution in [-0.2, 0) is 14.4 Å². The fourth-order valence-electron chi connectivity index (χ4n) is 2.90. The summed E-state index contributed by atoms with van der Waals surface area (Å²) in [6, 6.07) is 0. The Morgan fingerprint density at radius 3 is 2.27 bits per heavy atom. The molecule has 2 rings (SSSR count). The molecule has 0 aromatic rings. The van der Waals surface area contributed by atoms with Crippen LogP contribution in [0.1, 0.15) is 6.42 Å². The summed E-state index contributed by atoms with van der Waals surface area (Å²) in [5.41, 5.74) is 2.18. The van der Waals surface area contributed by atoms with Crippen LogP contribution in [0.25, 0.3) is 0 Å². The Bertz CT molecular complexity index is 614. The zero-order valence-electron chi connectivity index (χ0n) is 11.1. The van der Waals surface area contributed by atoms with Crippen LogP contribution in [0.3, 0.4) is 0 Å². The van der Waals surface area contributed by atoms with E-state index in [1.54, 1.807) is 0 Å². The first-order valence-corrected chi connectivity index (χ1v) is 7.11. The van der Waals surface area contributed by atoms with Crippen molar-refractivity contribution in [1.29, 1.82) is 0 Å². The van der Waals surface area contributed by atoms with E-state index in [9.17, 15) is 19.5 Å². The van der Waals surface area contributed by atoms with E-state index in [4.69, 9.17) is 28.3 Å². The molecule has 4 atom stereocenters. The van der Waals surface area contributed by atoms with Crippen molar-refractivity contribution in [1.82, 2.24) is 5.43 Å². The van der Waals surface area contributed by atoms with Crippen LogP contribution in [0.2, 0.25) is 0 Å². The highest BCUT2D eigenvalue weighted by atomic mass is 35.5. The molecule has 2 aliphatic carbocycles. The van der Waals surface area contributed by atoms with E-state index in [0.717, 1.165) is 6.21 Å². The summed E-state index contributed by atoms with van der Waals surface area (Å²) in [5.74, 6) is -4.75. The van der Waals surface area contributed by atoms with Gasteiger partial charge < -0.3 is 10.2 Å². The van der Waals surface area contributed by atoms with Gasteiger partial charge in [-0.05, 0) is 18.3 Å². The number of hydrogen-bond acceptors (Lipinski definition) is 4. The molecule has 0 heterocycles. The number of carboxylic acids is 2. The first-order valence-electron chi connectivity index (χ1n) is 6.35. The molecule has 0 aromatic carbocycles. The second kappa shape index (κ2) is 6.50. The molecule has 2 aliphatic rings. The van der Waals surface area contributed by atoms with Crippen LogP contribution < -0.4 is 5.43 Å². The fourth-order valence-corrected chi connectivity index (χ4v) is 3.08. The van der Waals surface area contributed by atoms with Crippen LogP contribution >= 0.6 is 23.2 Å². The zero-order chi connectivity index (χ0) is 16.4. The third kappa shape index (κ3) is 3.15. The van der Waals surface area contributed by atoms with Gasteiger partial charge in [0, 0.05) is 0 Å². The number of carbonyl (C=O) groups is 3. The molecule has 0 aromatic heterocycles. The average Bonchev–Trinajstić information content (AvgIpc) is 3.06. The number of allylic oxidation sites excluding steroid dienone is 3. The summed E-state index contributed by atoms with van der Waals surface area (Å²) in [6.45, 7) is 0. The molecule has 9 heteroatoms. The van der Waals surface area contributed by atoms with Crippen LogP contribution in [0.15, 0.2) is 27.3 Å². The number of hydrazone groups is 1. The third-order valence-electron chi connectivity index (χ3n) is 3.80. The lowest BCUT2D eigenvalue weighted by Crippen LogP contribution is -2.38. The molecule has 118 valence electrons. The number of aliphatic carboxylic acids is 2. The van der Waals surface area contributed by atoms with E-state index in [-0.39, 0.29) is 16.9 Å². The molecule has 0 spiro atoms. The first-order chi connectivity index (χ1) is 10.3. The number of carboxylic acid groups (broad SMARTS) is 2. The molecule has 1 saturated carbocycles. The highest BCUT2D eigenvalue weighted by Gasteiger charge is 2.51. The molecule has 7 nitrogen and oxygen atoms in total. The quantitative estimate of drug-likeness (QED) is 0.301. The van der Waals surface area contributed by atoms with Gasteiger partial charge in [-0.1, -0.05) is 35.4 Å². The lowest BCUT2D eigenvalue weighted by molar-refractivity contribution is -0.147. The predicted molar refractivity (Wildman–Crippen MR) is 78.4 cm³/mol. The summed E-state index contributed by atoms with van der Waals surface area (Å²) in [5, 5.41) is 20.4. The van der Waals surface area contributed by atoms with Gasteiger partial charge in [-0.3, -0.25) is 9.59 Å². The summed E-state index contributed by atoms with van der Waals surface area (Å²) in [6.07, 6.45) is 5.17. The minimum Gasteiger partial charge on any atom is -0.481 e. The number of amides is 1. The molecule has 1 amide bonds. The third-order valence-corrected chi connectivity index (χ3v) is 4.55. The van der Waals surface area contributed by atoms with Gasteiger partial charge in [-0.25, -0.2) is 10.2 Å². The number of fused-ring (bicyclic) bond motifs is 2. The van der Waals surface area contributed by atoms with Crippen molar-refractivity contribution >= 4 is 47.3 Å². The monoisotopic (exact) mass is 346 g/mol. The van der Waals surface area contributed by atoms with E-state index < -0.39 is 34.7 Å². The van der Waals surface area contributed by atoms with Crippen molar-refractivity contribution in [3.63, 3.8) is 0 Å². The second-order valence-corrected chi connectivity index (χ2v) is 5.82. The Morgan fingerprint density at radius 2 is 1.73 bits per heavy atom. The SMILES string of the molecule is O=C(O)/C(Cl)=C(Cl)/C=N/NC(=O)C1C2C=CC(C2)C1C(=O)O. The number of hydrogen-bond donors (Lipinski definition) is 3. The summed E-state index contributed by atoms with van der Waals surface area (Å²) >= 11 is 11.0. The van der Waals surface area contributed by atoms with E-state index in [0.29, 0.717) is 6.42 Å². The average molecular weight is 347 g/mol. The van der Waals surface area contributed by atoms with E-state index in [1.165, 1.54) is 0 Å². The van der Waals surface area contributed by atoms with E-state index in [2.05, 4.69) is 10.5 Å². The van der Waals surface area contributed by atoms with Crippen LogP contribution in [0.5, 0.6) is 0 Å². The van der Waals surface area contributed by atoms with Crippen molar-refractivity contribution in [3.05, 3.63) is 22.2 Å². The van der Waals surface area contributed by atoms with Crippen LogP contribution in [0.4, 0.5) is 0 Å². The maximum Gasteiger partial charge on any atom is 0.348 e. The van der Waals surface area contributed by atoms with Gasteiger partial charge in [0.15, 0.2) is 0 Å². The second-order valence-electron chi connectivity index (χ2n) is 5.04. The summed E-state index contributed by atoms with van der Waals surface area (Å²) < 4.78 is 0. The first kappa shape index (κ1) is 16.5. The number of nitrogens with zero attached hydrogens (tertiary/aromatic N) is 1. The lowest BCUT2D eigenvalue weighted by Gasteiger charge is -2.22. The Kier molecular flexibility index (Phi) is 4.87. The standard InChI is InChI=1S/C13H12Cl2N2O5/c14-7(10(15)13(21)22)4-16-17-11(18)8-5-1-2-6(3-5)9(8)12(19)20/h1-2,4-6,8-9H,3H2,(H,17,18)(H,19,20)(H,21,22)/b10-7+,16-4+. The van der Waals surface area contributed by atoms with Gasteiger partial charge >= 0.3 is 11.9 Å².